The van der Waals surface area contributed by atoms with Gasteiger partial charge in [-0.05, 0) is 0 Å². The van der Waals surface area contributed by atoms with E-state index in [1.807, 2.05) is 0 Å². The summed E-state index contributed by atoms with van der Waals surface area (Å²) in [5.74, 6) is -4.70. The van der Waals surface area contributed by atoms with Crippen LogP contribution in [-0.4, -0.2) is 42.4 Å². The van der Waals surface area contributed by atoms with Gasteiger partial charge in [0, 0.05) is 19.6 Å². The van der Waals surface area contributed by atoms with Crippen LogP contribution in [0.1, 0.15) is 0 Å². The van der Waals surface area contributed by atoms with Gasteiger partial charge in [0.1, 0.15) is 0 Å². The molecule has 0 amide bonds. The summed E-state index contributed by atoms with van der Waals surface area (Å²) in [6, 6.07) is 0. The van der Waals surface area contributed by atoms with Crippen LogP contribution in [-0.2, 0) is 31.2 Å². The van der Waals surface area contributed by atoms with Gasteiger partial charge in [-0.1, -0.05) is 0 Å². The Bertz CT molecular complexity index is 198. The van der Waals surface area contributed by atoms with Crippen molar-refractivity contribution in [1.82, 2.24) is 4.90 Å². The second-order valence-electron chi connectivity index (χ2n) is 2.26. The van der Waals surface area contributed by atoms with Crippen LogP contribution >= 0.6 is 0 Å². The zero-order chi connectivity index (χ0) is 10.4. The molecule has 0 unspecified atom stereocenters. The molecule has 0 atom stereocenters. The topological polar surface area (TPSA) is 124 Å². The predicted octanol–water partition coefficient (Wildman–Crippen LogP) is -8.46. The van der Waals surface area contributed by atoms with E-state index >= 15 is 0 Å². The summed E-state index contributed by atoms with van der Waals surface area (Å²) in [5, 5.41) is 30.0. The number of aliphatic carboxylic acids is 3. The molecule has 0 saturated carbocycles. The molecule has 0 fully saturated rings. The molecule has 0 aromatic rings. The van der Waals surface area contributed by atoms with Crippen LogP contribution in [0, 0.1) is 0 Å². The van der Waals surface area contributed by atoms with Crippen molar-refractivity contribution < 1.29 is 76.0 Å². The Morgan fingerprint density at radius 1 is 0.800 bits per heavy atom. The summed E-state index contributed by atoms with van der Waals surface area (Å²) in [6.45, 7) is -2.37. The van der Waals surface area contributed by atoms with Crippen LogP contribution in [0.5, 0.6) is 0 Å². The third-order valence-electron chi connectivity index (χ3n) is 1.06. The molecule has 1 radical (unpaired) electrons. The molecule has 0 aliphatic heterocycles. The summed E-state index contributed by atoms with van der Waals surface area (Å²) in [6.07, 6.45) is 0. The number of nitrogens with zero attached hydrogens (tertiary/aromatic N) is 1. The van der Waals surface area contributed by atoms with E-state index < -0.39 is 37.5 Å². The van der Waals surface area contributed by atoms with Gasteiger partial charge in [-0.3, -0.25) is 4.90 Å². The first-order chi connectivity index (χ1) is 5.91. The van der Waals surface area contributed by atoms with E-state index in [0.29, 0.717) is 4.90 Å². The first-order valence-electron chi connectivity index (χ1n) is 3.23. The standard InChI is InChI=1S/C6H9NO6.Co.Na/c8-4(9)1-7(2-5(10)11)3-6(12)13;;/h1-3H2,(H,8,9)(H,10,11)(H,12,13);;/q;+2;+1/p-3. The van der Waals surface area contributed by atoms with Crippen molar-refractivity contribution in [1.29, 1.82) is 0 Å². The summed E-state index contributed by atoms with van der Waals surface area (Å²) in [7, 11) is 0. The number of carbonyl (C=O) groups excluding carboxylic acids is 3. The summed E-state index contributed by atoms with van der Waals surface area (Å²) >= 11 is 0. The summed E-state index contributed by atoms with van der Waals surface area (Å²) in [5.41, 5.74) is 0. The molecule has 7 nitrogen and oxygen atoms in total. The van der Waals surface area contributed by atoms with Gasteiger partial charge < -0.3 is 29.7 Å². The van der Waals surface area contributed by atoms with Crippen molar-refractivity contribution in [3.05, 3.63) is 0 Å². The van der Waals surface area contributed by atoms with Crippen molar-refractivity contribution >= 4 is 17.9 Å². The van der Waals surface area contributed by atoms with Gasteiger partial charge in [0.2, 0.25) is 0 Å². The molecule has 81 valence electrons. The zero-order valence-electron chi connectivity index (χ0n) is 7.85. The molecule has 0 aromatic heterocycles. The van der Waals surface area contributed by atoms with Crippen molar-refractivity contribution in [2.45, 2.75) is 0 Å². The minimum atomic E-state index is -1.57. The van der Waals surface area contributed by atoms with Gasteiger partial charge >= 0.3 is 46.3 Å². The van der Waals surface area contributed by atoms with Crippen LogP contribution in [0.15, 0.2) is 0 Å². The van der Waals surface area contributed by atoms with Gasteiger partial charge in [-0.2, -0.15) is 0 Å². The van der Waals surface area contributed by atoms with E-state index in [0.717, 1.165) is 0 Å². The van der Waals surface area contributed by atoms with Crippen LogP contribution in [0.25, 0.3) is 0 Å². The molecule has 0 spiro atoms. The maximum absolute atomic E-state index is 9.99. The van der Waals surface area contributed by atoms with E-state index in [1.165, 1.54) is 0 Å². The fraction of sp³-hybridized carbons (Fsp3) is 0.500. The first-order valence-corrected chi connectivity index (χ1v) is 3.23. The molecule has 0 aliphatic carbocycles. The van der Waals surface area contributed by atoms with E-state index in [1.54, 1.807) is 0 Å². The van der Waals surface area contributed by atoms with Gasteiger partial charge in [-0.15, -0.1) is 0 Å². The van der Waals surface area contributed by atoms with Gasteiger partial charge in [0.05, 0.1) is 17.9 Å². The van der Waals surface area contributed by atoms with Gasteiger partial charge in [-0.25, -0.2) is 0 Å². The number of hydrogen-bond donors (Lipinski definition) is 0. The average Bonchev–Trinajstić information content (AvgIpc) is 1.80. The Hall–Kier alpha value is -0.124. The Balaban J connectivity index is -0.000000720. The monoisotopic (exact) mass is 270 g/mol. The van der Waals surface area contributed by atoms with Crippen LogP contribution in [0.3, 0.4) is 0 Å². The maximum atomic E-state index is 9.99. The Kier molecular flexibility index (Phi) is 14.1. The fourth-order valence-corrected chi connectivity index (χ4v) is 0.715. The Morgan fingerprint density at radius 2 is 1.00 bits per heavy atom. The number of hydrogen-bond acceptors (Lipinski definition) is 7. The molecule has 0 heterocycles. The number of carbonyl (C=O) groups is 3. The van der Waals surface area contributed by atoms with Crippen LogP contribution in [0.2, 0.25) is 0 Å². The quantitative estimate of drug-likeness (QED) is 0.439. The molecular weight excluding hydrogens is 264 g/mol. The third-order valence-corrected chi connectivity index (χ3v) is 1.06. The summed E-state index contributed by atoms with van der Waals surface area (Å²) < 4.78 is 0. The van der Waals surface area contributed by atoms with Crippen LogP contribution in [0.4, 0.5) is 0 Å². The number of carboxylic acid groups (broad SMARTS) is 3. The Labute approximate surface area is 118 Å². The number of carboxylic acids is 3. The van der Waals surface area contributed by atoms with E-state index in [4.69, 9.17) is 0 Å². The minimum absolute atomic E-state index is 0. The number of rotatable bonds is 6. The van der Waals surface area contributed by atoms with Gasteiger partial charge in [0.15, 0.2) is 0 Å². The molecule has 0 N–H and O–H groups in total. The van der Waals surface area contributed by atoms with Crippen molar-refractivity contribution in [3.8, 4) is 0 Å². The van der Waals surface area contributed by atoms with Gasteiger partial charge in [0.25, 0.3) is 0 Å². The molecule has 15 heavy (non-hydrogen) atoms. The van der Waals surface area contributed by atoms with Crippen molar-refractivity contribution in [2.24, 2.45) is 0 Å². The SMILES string of the molecule is O=C([O-])CN(CC(=O)[O-])CC(=O)[O-].[Co+2].[Na+]. The second kappa shape index (κ2) is 10.4. The normalized spacial score (nSPS) is 8.60. The van der Waals surface area contributed by atoms with Crippen LogP contribution < -0.4 is 44.9 Å². The Morgan fingerprint density at radius 3 is 1.13 bits per heavy atom. The zero-order valence-corrected chi connectivity index (χ0v) is 10.9. The van der Waals surface area contributed by atoms with Crippen molar-refractivity contribution in [2.75, 3.05) is 19.6 Å². The largest absolute Gasteiger partial charge is 2.00 e. The molecule has 9 heteroatoms. The van der Waals surface area contributed by atoms with E-state index in [9.17, 15) is 29.7 Å². The molecule has 0 aromatic carbocycles. The minimum Gasteiger partial charge on any atom is -0.549 e. The predicted molar refractivity (Wildman–Crippen MR) is 31.5 cm³/mol. The smallest absolute Gasteiger partial charge is 0.549 e. The third kappa shape index (κ3) is 13.9. The molecule has 0 saturated heterocycles. The maximum Gasteiger partial charge on any atom is 2.00 e. The fourth-order valence-electron chi connectivity index (χ4n) is 0.715. The molecule has 0 bridgehead atoms. The van der Waals surface area contributed by atoms with Crippen molar-refractivity contribution in [3.63, 3.8) is 0 Å². The molecular formula is C6H6CoNNaO6. The first kappa shape index (κ1) is 20.3. The average molecular weight is 270 g/mol. The second-order valence-corrected chi connectivity index (χ2v) is 2.26. The van der Waals surface area contributed by atoms with E-state index in [2.05, 4.69) is 0 Å². The van der Waals surface area contributed by atoms with E-state index in [-0.39, 0.29) is 46.3 Å². The summed E-state index contributed by atoms with van der Waals surface area (Å²) in [4.78, 5) is 30.6. The molecule has 0 rings (SSSR count). The molecule has 0 aliphatic rings.